The van der Waals surface area contributed by atoms with Crippen molar-refractivity contribution in [1.82, 2.24) is 5.32 Å². The summed E-state index contributed by atoms with van der Waals surface area (Å²) >= 11 is 0. The number of hydrogen-bond acceptors (Lipinski definition) is 3. The summed E-state index contributed by atoms with van der Waals surface area (Å²) in [6.07, 6.45) is 4.39. The van der Waals surface area contributed by atoms with E-state index in [0.717, 1.165) is 13.0 Å². The normalized spacial score (nSPS) is 22.6. The molecule has 1 atom stereocenters. The van der Waals surface area contributed by atoms with Crippen LogP contribution in [-0.2, 0) is 4.84 Å². The molecule has 10 heavy (non-hydrogen) atoms. The third kappa shape index (κ3) is 1.87. The van der Waals surface area contributed by atoms with E-state index < -0.39 is 0 Å². The summed E-state index contributed by atoms with van der Waals surface area (Å²) in [6.45, 7) is 0.863. The van der Waals surface area contributed by atoms with E-state index in [9.17, 15) is 0 Å². The Morgan fingerprint density at radius 3 is 3.30 bits per heavy atom. The van der Waals surface area contributed by atoms with E-state index in [4.69, 9.17) is 10.4 Å². The van der Waals surface area contributed by atoms with Gasteiger partial charge in [0.05, 0.1) is 0 Å². The summed E-state index contributed by atoms with van der Waals surface area (Å²) < 4.78 is 0. The van der Waals surface area contributed by atoms with Gasteiger partial charge in [0, 0.05) is 17.9 Å². The van der Waals surface area contributed by atoms with Crippen LogP contribution in [0.25, 0.3) is 10.4 Å². The van der Waals surface area contributed by atoms with Crippen LogP contribution < -0.4 is 5.32 Å². The molecule has 0 fully saturated rings. The van der Waals surface area contributed by atoms with Crippen molar-refractivity contribution < 1.29 is 4.84 Å². The van der Waals surface area contributed by atoms with Crippen LogP contribution in [-0.4, -0.2) is 12.6 Å². The van der Waals surface area contributed by atoms with Crippen LogP contribution in [0.3, 0.4) is 0 Å². The molecule has 0 aromatic heterocycles. The van der Waals surface area contributed by atoms with Crippen molar-refractivity contribution in [3.05, 3.63) is 22.7 Å². The first-order valence-electron chi connectivity index (χ1n) is 3.04. The summed E-state index contributed by atoms with van der Waals surface area (Å²) in [6, 6.07) is 0. The molecule has 0 aliphatic carbocycles. The zero-order valence-corrected chi connectivity index (χ0v) is 5.40. The van der Waals surface area contributed by atoms with Gasteiger partial charge in [0.2, 0.25) is 0 Å². The van der Waals surface area contributed by atoms with Crippen molar-refractivity contribution in [3.8, 4) is 0 Å². The maximum Gasteiger partial charge on any atom is 0.129 e. The molecule has 1 N–H and O–H groups in total. The van der Waals surface area contributed by atoms with Crippen molar-refractivity contribution in [2.45, 2.75) is 12.5 Å². The molecule has 1 heterocycles. The SMILES string of the molecule is [N-]=[N+]=NOC1C=CNCC1. The van der Waals surface area contributed by atoms with Crippen LogP contribution in [0.5, 0.6) is 0 Å². The van der Waals surface area contributed by atoms with Crippen LogP contribution in [0.15, 0.2) is 17.6 Å². The topological polar surface area (TPSA) is 70.0 Å². The Morgan fingerprint density at radius 2 is 2.70 bits per heavy atom. The third-order valence-corrected chi connectivity index (χ3v) is 1.22. The van der Waals surface area contributed by atoms with Crippen molar-refractivity contribution in [3.63, 3.8) is 0 Å². The minimum Gasteiger partial charge on any atom is -0.426 e. The smallest absolute Gasteiger partial charge is 0.129 e. The zero-order chi connectivity index (χ0) is 7.23. The van der Waals surface area contributed by atoms with Gasteiger partial charge in [0.15, 0.2) is 0 Å². The van der Waals surface area contributed by atoms with E-state index in [1.807, 2.05) is 6.08 Å². The van der Waals surface area contributed by atoms with Gasteiger partial charge in [0.25, 0.3) is 0 Å². The molecular formula is C5H8N4O. The molecule has 0 aromatic carbocycles. The molecule has 1 rings (SSSR count). The van der Waals surface area contributed by atoms with Crippen molar-refractivity contribution >= 4 is 0 Å². The second kappa shape index (κ2) is 3.63. The van der Waals surface area contributed by atoms with E-state index in [0.29, 0.717) is 0 Å². The number of nitrogens with zero attached hydrogens (tertiary/aromatic N) is 3. The molecular weight excluding hydrogens is 132 g/mol. The third-order valence-electron chi connectivity index (χ3n) is 1.22. The summed E-state index contributed by atoms with van der Waals surface area (Å²) in [5.41, 5.74) is 7.89. The van der Waals surface area contributed by atoms with Crippen LogP contribution in [0, 0.1) is 0 Å². The molecule has 0 saturated heterocycles. The van der Waals surface area contributed by atoms with Gasteiger partial charge in [0.1, 0.15) is 11.4 Å². The van der Waals surface area contributed by atoms with Crippen molar-refractivity contribution in [1.29, 1.82) is 0 Å². The highest BCUT2D eigenvalue weighted by molar-refractivity contribution is 4.92. The molecule has 1 aliphatic heterocycles. The zero-order valence-electron chi connectivity index (χ0n) is 5.40. The number of nitrogens with one attached hydrogen (secondary N) is 1. The largest absolute Gasteiger partial charge is 0.426 e. The molecule has 0 spiro atoms. The fourth-order valence-electron chi connectivity index (χ4n) is 0.750. The summed E-state index contributed by atoms with van der Waals surface area (Å²) in [7, 11) is 0. The predicted molar refractivity (Wildman–Crippen MR) is 35.8 cm³/mol. The first kappa shape index (κ1) is 6.77. The maximum atomic E-state index is 7.89. The second-order valence-corrected chi connectivity index (χ2v) is 1.92. The Bertz CT molecular complexity index is 172. The highest BCUT2D eigenvalue weighted by Gasteiger charge is 2.06. The number of rotatable bonds is 2. The van der Waals surface area contributed by atoms with E-state index >= 15 is 0 Å². The first-order valence-corrected chi connectivity index (χ1v) is 3.04. The fraction of sp³-hybridized carbons (Fsp3) is 0.600. The maximum absolute atomic E-state index is 7.89. The molecule has 0 bridgehead atoms. The van der Waals surface area contributed by atoms with Gasteiger partial charge in [-0.3, -0.25) is 0 Å². The first-order chi connectivity index (χ1) is 4.93. The second-order valence-electron chi connectivity index (χ2n) is 1.92. The van der Waals surface area contributed by atoms with Gasteiger partial charge in [-0.15, -0.1) is 0 Å². The van der Waals surface area contributed by atoms with Gasteiger partial charge in [-0.1, -0.05) is 0 Å². The molecule has 0 radical (unpaired) electrons. The summed E-state index contributed by atoms with van der Waals surface area (Å²) in [5.74, 6) is 0. The highest BCUT2D eigenvalue weighted by Crippen LogP contribution is 2.03. The Morgan fingerprint density at radius 1 is 1.80 bits per heavy atom. The van der Waals surface area contributed by atoms with Gasteiger partial charge < -0.3 is 10.2 Å². The number of hydrogen-bond donors (Lipinski definition) is 1. The van der Waals surface area contributed by atoms with E-state index in [-0.39, 0.29) is 6.10 Å². The lowest BCUT2D eigenvalue weighted by Gasteiger charge is -2.14. The molecule has 0 aromatic rings. The van der Waals surface area contributed by atoms with Crippen LogP contribution in [0.1, 0.15) is 6.42 Å². The molecule has 0 saturated carbocycles. The average molecular weight is 140 g/mol. The summed E-state index contributed by atoms with van der Waals surface area (Å²) in [5, 5.41) is 5.99. The van der Waals surface area contributed by atoms with E-state index in [1.54, 1.807) is 6.20 Å². The minimum absolute atomic E-state index is 0.0582. The van der Waals surface area contributed by atoms with Gasteiger partial charge >= 0.3 is 0 Å². The summed E-state index contributed by atoms with van der Waals surface area (Å²) in [4.78, 5) is 7.19. The highest BCUT2D eigenvalue weighted by atomic mass is 16.6. The van der Waals surface area contributed by atoms with Gasteiger partial charge in [-0.2, -0.15) is 0 Å². The Kier molecular flexibility index (Phi) is 2.46. The van der Waals surface area contributed by atoms with Crippen molar-refractivity contribution in [2.24, 2.45) is 5.28 Å². The van der Waals surface area contributed by atoms with Gasteiger partial charge in [-0.05, 0) is 17.8 Å². The van der Waals surface area contributed by atoms with E-state index in [2.05, 4.69) is 15.5 Å². The van der Waals surface area contributed by atoms with Crippen LogP contribution in [0.2, 0.25) is 0 Å². The lowest BCUT2D eigenvalue weighted by Crippen LogP contribution is -2.21. The van der Waals surface area contributed by atoms with Crippen LogP contribution in [0.4, 0.5) is 0 Å². The van der Waals surface area contributed by atoms with Crippen molar-refractivity contribution in [2.75, 3.05) is 6.54 Å². The molecule has 54 valence electrons. The fourth-order valence-corrected chi connectivity index (χ4v) is 0.750. The lowest BCUT2D eigenvalue weighted by atomic mass is 10.2. The molecule has 0 amide bonds. The monoisotopic (exact) mass is 140 g/mol. The molecule has 5 heteroatoms. The minimum atomic E-state index is -0.0582. The van der Waals surface area contributed by atoms with Crippen LogP contribution >= 0.6 is 0 Å². The standard InChI is InChI=1S/C5H8N4O/c6-8-9-10-5-1-3-7-4-2-5/h1,3,5,7H,2,4H2. The Balaban J connectivity index is 2.32. The van der Waals surface area contributed by atoms with E-state index in [1.165, 1.54) is 0 Å². The quantitative estimate of drug-likeness (QED) is 0.270. The molecule has 1 aliphatic rings. The molecule has 5 nitrogen and oxygen atoms in total. The number of azide groups is 1. The average Bonchev–Trinajstić information content (AvgIpc) is 2.03. The Labute approximate surface area is 58.3 Å². The Hall–Kier alpha value is -1.35. The predicted octanol–water partition coefficient (Wildman–Crippen LogP) is 1.10. The van der Waals surface area contributed by atoms with Gasteiger partial charge in [-0.25, -0.2) is 0 Å². The molecule has 1 unspecified atom stereocenters. The lowest BCUT2D eigenvalue weighted by molar-refractivity contribution is 0.0788.